The summed E-state index contributed by atoms with van der Waals surface area (Å²) in [5.74, 6) is 0.727. The van der Waals surface area contributed by atoms with Gasteiger partial charge in [-0.25, -0.2) is 0 Å². The Labute approximate surface area is 195 Å². The van der Waals surface area contributed by atoms with Gasteiger partial charge >= 0.3 is 0 Å². The number of hydrogen-bond acceptors (Lipinski definition) is 2. The van der Waals surface area contributed by atoms with E-state index in [1.807, 2.05) is 67.0 Å². The van der Waals surface area contributed by atoms with Gasteiger partial charge in [-0.15, -0.1) is 24.0 Å². The molecule has 29 heavy (non-hydrogen) atoms. The third kappa shape index (κ3) is 7.54. The Morgan fingerprint density at radius 3 is 2.66 bits per heavy atom. The van der Waals surface area contributed by atoms with E-state index in [0.29, 0.717) is 18.7 Å². The third-order valence-electron chi connectivity index (χ3n) is 4.68. The number of aryl methyl sites for hydroxylation is 1. The first-order valence-corrected chi connectivity index (χ1v) is 9.84. The first-order chi connectivity index (χ1) is 13.3. The molecule has 0 fully saturated rings. The van der Waals surface area contributed by atoms with Gasteiger partial charge < -0.3 is 20.1 Å². The van der Waals surface area contributed by atoms with Gasteiger partial charge in [0.25, 0.3) is 5.91 Å². The lowest BCUT2D eigenvalue weighted by Crippen LogP contribution is -2.38. The van der Waals surface area contributed by atoms with Gasteiger partial charge in [-0.05, 0) is 37.1 Å². The van der Waals surface area contributed by atoms with Crippen LogP contribution in [-0.2, 0) is 20.1 Å². The van der Waals surface area contributed by atoms with Crippen LogP contribution < -0.4 is 10.6 Å². The monoisotopic (exact) mass is 531 g/mol. The van der Waals surface area contributed by atoms with Crippen molar-refractivity contribution in [2.24, 2.45) is 12.0 Å². The highest BCUT2D eigenvalue weighted by Crippen LogP contribution is 2.14. The van der Waals surface area contributed by atoms with Crippen molar-refractivity contribution in [3.63, 3.8) is 0 Å². The fourth-order valence-corrected chi connectivity index (χ4v) is 3.11. The SMILES string of the molecule is CCC(C)NC(=O)c1cccc(CNC(=NC)N(C)Cc2cc(Cl)cn2C)c1.I. The zero-order valence-electron chi connectivity index (χ0n) is 17.7. The second-order valence-corrected chi connectivity index (χ2v) is 7.44. The maximum absolute atomic E-state index is 12.3. The van der Waals surface area contributed by atoms with Gasteiger partial charge in [0.05, 0.1) is 11.6 Å². The number of aromatic nitrogens is 1. The van der Waals surface area contributed by atoms with Gasteiger partial charge in [-0.1, -0.05) is 30.7 Å². The normalized spacial score (nSPS) is 12.1. The number of guanidine groups is 1. The van der Waals surface area contributed by atoms with Crippen molar-refractivity contribution >= 4 is 47.4 Å². The summed E-state index contributed by atoms with van der Waals surface area (Å²) in [5.41, 5.74) is 2.79. The van der Waals surface area contributed by atoms with Crippen LogP contribution in [0, 0.1) is 0 Å². The summed E-state index contributed by atoms with van der Waals surface area (Å²) in [5, 5.41) is 7.07. The van der Waals surface area contributed by atoms with Gasteiger partial charge in [0.1, 0.15) is 0 Å². The van der Waals surface area contributed by atoms with Gasteiger partial charge in [-0.2, -0.15) is 0 Å². The average Bonchev–Trinajstić information content (AvgIpc) is 2.99. The van der Waals surface area contributed by atoms with Crippen molar-refractivity contribution in [3.05, 3.63) is 58.4 Å². The molecule has 8 heteroatoms. The summed E-state index contributed by atoms with van der Waals surface area (Å²) in [4.78, 5) is 18.7. The van der Waals surface area contributed by atoms with Crippen LogP contribution in [0.25, 0.3) is 0 Å². The van der Waals surface area contributed by atoms with Gasteiger partial charge in [0.2, 0.25) is 0 Å². The number of amides is 1. The zero-order chi connectivity index (χ0) is 20.7. The second-order valence-electron chi connectivity index (χ2n) is 7.00. The highest BCUT2D eigenvalue weighted by Gasteiger charge is 2.11. The Morgan fingerprint density at radius 2 is 2.07 bits per heavy atom. The van der Waals surface area contributed by atoms with Crippen LogP contribution in [0.5, 0.6) is 0 Å². The number of aliphatic imine (C=N–C) groups is 1. The summed E-state index contributed by atoms with van der Waals surface area (Å²) in [6, 6.07) is 9.76. The lowest BCUT2D eigenvalue weighted by atomic mass is 10.1. The molecule has 2 rings (SSSR count). The van der Waals surface area contributed by atoms with E-state index in [2.05, 4.69) is 22.5 Å². The van der Waals surface area contributed by atoms with Gasteiger partial charge in [-0.3, -0.25) is 9.79 Å². The number of benzene rings is 1. The first kappa shape index (κ1) is 25.3. The Bertz CT molecular complexity index is 836. The molecule has 1 heterocycles. The molecule has 2 N–H and O–H groups in total. The highest BCUT2D eigenvalue weighted by atomic mass is 127. The molecular formula is C21H31ClIN5O. The van der Waals surface area contributed by atoms with Crippen LogP contribution in [0.3, 0.4) is 0 Å². The minimum atomic E-state index is -0.0433. The van der Waals surface area contributed by atoms with Crippen LogP contribution in [-0.4, -0.2) is 41.5 Å². The lowest BCUT2D eigenvalue weighted by Gasteiger charge is -2.22. The quantitative estimate of drug-likeness (QED) is 0.322. The summed E-state index contributed by atoms with van der Waals surface area (Å²) in [7, 11) is 5.71. The number of carbonyl (C=O) groups is 1. The molecule has 0 bridgehead atoms. The largest absolute Gasteiger partial charge is 0.352 e. The Morgan fingerprint density at radius 1 is 1.34 bits per heavy atom. The summed E-state index contributed by atoms with van der Waals surface area (Å²) in [6.45, 7) is 5.31. The maximum atomic E-state index is 12.3. The van der Waals surface area contributed by atoms with Crippen LogP contribution in [0.15, 0.2) is 41.5 Å². The molecule has 0 saturated heterocycles. The van der Waals surface area contributed by atoms with Gasteiger partial charge in [0, 0.05) is 51.2 Å². The van der Waals surface area contributed by atoms with Crippen LogP contribution in [0.2, 0.25) is 5.02 Å². The molecule has 6 nitrogen and oxygen atoms in total. The number of carbonyl (C=O) groups excluding carboxylic acids is 1. The molecular weight excluding hydrogens is 501 g/mol. The molecule has 0 aliphatic heterocycles. The average molecular weight is 532 g/mol. The summed E-state index contributed by atoms with van der Waals surface area (Å²) >= 11 is 6.07. The molecule has 1 aromatic heterocycles. The zero-order valence-corrected chi connectivity index (χ0v) is 20.8. The molecule has 1 amide bonds. The van der Waals surface area contributed by atoms with E-state index in [0.717, 1.165) is 28.7 Å². The van der Waals surface area contributed by atoms with E-state index in [9.17, 15) is 4.79 Å². The predicted molar refractivity (Wildman–Crippen MR) is 131 cm³/mol. The molecule has 0 saturated carbocycles. The topological polar surface area (TPSA) is 61.7 Å². The lowest BCUT2D eigenvalue weighted by molar-refractivity contribution is 0.0939. The third-order valence-corrected chi connectivity index (χ3v) is 4.88. The van der Waals surface area contributed by atoms with Crippen molar-refractivity contribution < 1.29 is 4.79 Å². The smallest absolute Gasteiger partial charge is 0.251 e. The minimum Gasteiger partial charge on any atom is -0.352 e. The summed E-state index contributed by atoms with van der Waals surface area (Å²) in [6.07, 6.45) is 2.79. The fourth-order valence-electron chi connectivity index (χ4n) is 2.84. The van der Waals surface area contributed by atoms with Crippen molar-refractivity contribution in [2.45, 2.75) is 39.4 Å². The molecule has 0 radical (unpaired) electrons. The second kappa shape index (κ2) is 12.1. The molecule has 1 unspecified atom stereocenters. The van der Waals surface area contributed by atoms with E-state index < -0.39 is 0 Å². The number of hydrogen-bond donors (Lipinski definition) is 2. The maximum Gasteiger partial charge on any atom is 0.251 e. The van der Waals surface area contributed by atoms with E-state index in [4.69, 9.17) is 11.6 Å². The minimum absolute atomic E-state index is 0. The van der Waals surface area contributed by atoms with Crippen molar-refractivity contribution in [3.8, 4) is 0 Å². The van der Waals surface area contributed by atoms with E-state index in [-0.39, 0.29) is 35.9 Å². The highest BCUT2D eigenvalue weighted by molar-refractivity contribution is 14.0. The van der Waals surface area contributed by atoms with Crippen LogP contribution in [0.1, 0.15) is 41.9 Å². The van der Waals surface area contributed by atoms with Crippen molar-refractivity contribution in [1.82, 2.24) is 20.1 Å². The molecule has 1 atom stereocenters. The van der Waals surface area contributed by atoms with Crippen molar-refractivity contribution in [1.29, 1.82) is 0 Å². The fraction of sp³-hybridized carbons (Fsp3) is 0.429. The number of nitrogens with one attached hydrogen (secondary N) is 2. The van der Waals surface area contributed by atoms with Crippen molar-refractivity contribution in [2.75, 3.05) is 14.1 Å². The molecule has 0 aliphatic carbocycles. The Kier molecular flexibility index (Phi) is 10.5. The number of halogens is 2. The molecule has 160 valence electrons. The Balaban J connectivity index is 0.00000420. The first-order valence-electron chi connectivity index (χ1n) is 9.46. The standard InChI is InChI=1S/C21H30ClN5O.HI/c1-6-15(2)25-20(28)17-9-7-8-16(10-17)12-24-21(23-3)27(5)14-19-11-18(22)13-26(19)4;/h7-11,13,15H,6,12,14H2,1-5H3,(H,23,24)(H,25,28);1H. The predicted octanol–water partition coefficient (Wildman–Crippen LogP) is 4.03. The number of nitrogens with zero attached hydrogens (tertiary/aromatic N) is 3. The molecule has 0 aliphatic rings. The van der Waals surface area contributed by atoms with Crippen LogP contribution in [0.4, 0.5) is 0 Å². The molecule has 1 aromatic carbocycles. The molecule has 2 aromatic rings. The van der Waals surface area contributed by atoms with E-state index >= 15 is 0 Å². The number of rotatable bonds is 7. The van der Waals surface area contributed by atoms with E-state index in [1.165, 1.54) is 0 Å². The Hall–Kier alpha value is -1.74. The summed E-state index contributed by atoms with van der Waals surface area (Å²) < 4.78 is 2.01. The van der Waals surface area contributed by atoms with Crippen LogP contribution >= 0.6 is 35.6 Å². The van der Waals surface area contributed by atoms with E-state index in [1.54, 1.807) is 7.05 Å². The molecule has 0 spiro atoms. The van der Waals surface area contributed by atoms with Gasteiger partial charge in [0.15, 0.2) is 5.96 Å².